The van der Waals surface area contributed by atoms with Crippen molar-refractivity contribution in [1.82, 2.24) is 10.6 Å². The summed E-state index contributed by atoms with van der Waals surface area (Å²) in [5.74, 6) is 0.845. The van der Waals surface area contributed by atoms with Crippen LogP contribution < -0.4 is 10.6 Å². The Labute approximate surface area is 138 Å². The predicted molar refractivity (Wildman–Crippen MR) is 93.5 cm³/mol. The minimum absolute atomic E-state index is 0. The maximum atomic E-state index is 5.03. The quantitative estimate of drug-likeness (QED) is 0.351. The smallest absolute Gasteiger partial charge is 0.191 e. The van der Waals surface area contributed by atoms with Crippen LogP contribution in [-0.4, -0.2) is 19.6 Å². The lowest BCUT2D eigenvalue weighted by atomic mass is 9.97. The van der Waals surface area contributed by atoms with E-state index in [1.165, 1.54) is 25.7 Å². The van der Waals surface area contributed by atoms with Crippen LogP contribution in [0.4, 0.5) is 0 Å². The van der Waals surface area contributed by atoms with Gasteiger partial charge in [-0.15, -0.1) is 24.0 Å². The van der Waals surface area contributed by atoms with Crippen molar-refractivity contribution in [2.75, 3.05) is 13.6 Å². The molecule has 1 aromatic heterocycles. The Morgan fingerprint density at radius 1 is 1.35 bits per heavy atom. The minimum atomic E-state index is 0. The Balaban J connectivity index is 0.00000200. The molecule has 1 heterocycles. The first kappa shape index (κ1) is 17.1. The van der Waals surface area contributed by atoms with Crippen LogP contribution in [0.3, 0.4) is 0 Å². The molecule has 0 atom stereocenters. The molecule has 0 radical (unpaired) electrons. The highest BCUT2D eigenvalue weighted by Crippen LogP contribution is 2.19. The molecule has 0 aromatic carbocycles. The third-order valence-corrected chi connectivity index (χ3v) is 3.39. The van der Waals surface area contributed by atoms with Crippen LogP contribution in [0.2, 0.25) is 0 Å². The first-order chi connectivity index (χ1) is 9.38. The normalized spacial score (nSPS) is 15.2. The number of hydrogen-bond acceptors (Lipinski definition) is 2. The highest BCUT2D eigenvalue weighted by atomic mass is 127. The molecule has 1 aliphatic carbocycles. The maximum absolute atomic E-state index is 5.03. The Hall–Kier alpha value is -0.980. The summed E-state index contributed by atoms with van der Waals surface area (Å²) in [5.41, 5.74) is 2.71. The minimum Gasteiger partial charge on any atom is -0.472 e. The van der Waals surface area contributed by atoms with E-state index in [0.29, 0.717) is 0 Å². The van der Waals surface area contributed by atoms with Gasteiger partial charge in [0.05, 0.1) is 12.5 Å². The van der Waals surface area contributed by atoms with E-state index >= 15 is 0 Å². The molecular weight excluding hydrogens is 365 g/mol. The van der Waals surface area contributed by atoms with Gasteiger partial charge in [0.25, 0.3) is 0 Å². The van der Waals surface area contributed by atoms with E-state index in [2.05, 4.69) is 21.7 Å². The van der Waals surface area contributed by atoms with Crippen molar-refractivity contribution in [3.8, 4) is 0 Å². The highest BCUT2D eigenvalue weighted by molar-refractivity contribution is 14.0. The van der Waals surface area contributed by atoms with Crippen molar-refractivity contribution in [2.24, 2.45) is 4.99 Å². The van der Waals surface area contributed by atoms with Crippen LogP contribution in [0.1, 0.15) is 37.7 Å². The van der Waals surface area contributed by atoms with Crippen LogP contribution >= 0.6 is 24.0 Å². The first-order valence-corrected chi connectivity index (χ1v) is 7.02. The molecule has 0 aliphatic heterocycles. The highest BCUT2D eigenvalue weighted by Gasteiger charge is 2.04. The van der Waals surface area contributed by atoms with Gasteiger partial charge in [-0.25, -0.2) is 0 Å². The molecule has 2 N–H and O–H groups in total. The fraction of sp³-hybridized carbons (Fsp3) is 0.533. The third kappa shape index (κ3) is 5.98. The molecule has 0 amide bonds. The average Bonchev–Trinajstić information content (AvgIpc) is 2.97. The maximum Gasteiger partial charge on any atom is 0.191 e. The average molecular weight is 389 g/mol. The number of nitrogens with one attached hydrogen (secondary N) is 2. The molecule has 0 saturated carbocycles. The molecular formula is C15H24IN3O. The van der Waals surface area contributed by atoms with Crippen molar-refractivity contribution in [1.29, 1.82) is 0 Å². The number of aliphatic imine (C=N–C) groups is 1. The molecule has 1 aliphatic rings. The van der Waals surface area contributed by atoms with Gasteiger partial charge in [-0.05, 0) is 38.2 Å². The van der Waals surface area contributed by atoms with E-state index in [0.717, 1.165) is 31.0 Å². The summed E-state index contributed by atoms with van der Waals surface area (Å²) in [4.78, 5) is 4.21. The van der Waals surface area contributed by atoms with Gasteiger partial charge in [0, 0.05) is 25.7 Å². The van der Waals surface area contributed by atoms with Crippen molar-refractivity contribution in [3.63, 3.8) is 0 Å². The van der Waals surface area contributed by atoms with E-state index in [1.807, 2.05) is 6.07 Å². The Kier molecular flexibility index (Phi) is 8.41. The number of hydrogen-bond donors (Lipinski definition) is 2. The van der Waals surface area contributed by atoms with Gasteiger partial charge in [-0.2, -0.15) is 0 Å². The van der Waals surface area contributed by atoms with Crippen molar-refractivity contribution in [2.45, 2.75) is 38.6 Å². The zero-order valence-corrected chi connectivity index (χ0v) is 14.4. The van der Waals surface area contributed by atoms with Gasteiger partial charge in [-0.3, -0.25) is 4.99 Å². The molecule has 20 heavy (non-hydrogen) atoms. The Morgan fingerprint density at radius 3 is 2.90 bits per heavy atom. The number of guanidine groups is 1. The van der Waals surface area contributed by atoms with Gasteiger partial charge in [0.1, 0.15) is 0 Å². The molecule has 2 rings (SSSR count). The van der Waals surface area contributed by atoms with Gasteiger partial charge in [-0.1, -0.05) is 11.6 Å². The fourth-order valence-electron chi connectivity index (χ4n) is 2.27. The van der Waals surface area contributed by atoms with Crippen LogP contribution in [0.15, 0.2) is 39.7 Å². The first-order valence-electron chi connectivity index (χ1n) is 7.02. The topological polar surface area (TPSA) is 49.6 Å². The summed E-state index contributed by atoms with van der Waals surface area (Å²) in [6.07, 6.45) is 12.2. The molecule has 0 spiro atoms. The number of rotatable bonds is 5. The van der Waals surface area contributed by atoms with Crippen LogP contribution in [-0.2, 0) is 6.54 Å². The zero-order chi connectivity index (χ0) is 13.3. The summed E-state index contributed by atoms with van der Waals surface area (Å²) < 4.78 is 5.03. The molecule has 1 aromatic rings. The van der Waals surface area contributed by atoms with Crippen molar-refractivity contribution < 1.29 is 4.42 Å². The van der Waals surface area contributed by atoms with E-state index in [1.54, 1.807) is 25.1 Å². The molecule has 0 unspecified atom stereocenters. The van der Waals surface area contributed by atoms with Gasteiger partial charge in [0.15, 0.2) is 5.96 Å². The van der Waals surface area contributed by atoms with Crippen LogP contribution in [0.25, 0.3) is 0 Å². The van der Waals surface area contributed by atoms with Gasteiger partial charge >= 0.3 is 0 Å². The Morgan fingerprint density at radius 2 is 2.25 bits per heavy atom. The van der Waals surface area contributed by atoms with Crippen molar-refractivity contribution >= 4 is 29.9 Å². The monoisotopic (exact) mass is 389 g/mol. The SMILES string of the molecule is CN=C(NCCC1=CCCCC1)NCc1ccoc1.I. The van der Waals surface area contributed by atoms with E-state index in [9.17, 15) is 0 Å². The summed E-state index contributed by atoms with van der Waals surface area (Å²) >= 11 is 0. The van der Waals surface area contributed by atoms with Gasteiger partial charge in [0.2, 0.25) is 0 Å². The lowest BCUT2D eigenvalue weighted by molar-refractivity contribution is 0.563. The molecule has 5 heteroatoms. The molecule has 0 bridgehead atoms. The fourth-order valence-corrected chi connectivity index (χ4v) is 2.27. The second-order valence-corrected chi connectivity index (χ2v) is 4.84. The molecule has 0 fully saturated rings. The van der Waals surface area contributed by atoms with Crippen molar-refractivity contribution in [3.05, 3.63) is 35.8 Å². The third-order valence-electron chi connectivity index (χ3n) is 3.39. The van der Waals surface area contributed by atoms with Crippen LogP contribution in [0.5, 0.6) is 0 Å². The second kappa shape index (κ2) is 9.85. The van der Waals surface area contributed by atoms with E-state index in [4.69, 9.17) is 4.42 Å². The Bertz CT molecular complexity index is 426. The zero-order valence-electron chi connectivity index (χ0n) is 12.0. The summed E-state index contributed by atoms with van der Waals surface area (Å²) in [5, 5.41) is 6.62. The summed E-state index contributed by atoms with van der Waals surface area (Å²) in [6, 6.07) is 1.95. The largest absolute Gasteiger partial charge is 0.472 e. The standard InChI is InChI=1S/C15H23N3O.HI/c1-16-15(18-11-14-8-10-19-12-14)17-9-7-13-5-3-2-4-6-13;/h5,8,10,12H,2-4,6-7,9,11H2,1H3,(H2,16,17,18);1H. The summed E-state index contributed by atoms with van der Waals surface area (Å²) in [7, 11) is 1.80. The lowest BCUT2D eigenvalue weighted by Crippen LogP contribution is -2.37. The van der Waals surface area contributed by atoms with Crippen LogP contribution in [0, 0.1) is 0 Å². The predicted octanol–water partition coefficient (Wildman–Crippen LogP) is 3.45. The summed E-state index contributed by atoms with van der Waals surface area (Å²) in [6.45, 7) is 1.68. The van der Waals surface area contributed by atoms with E-state index < -0.39 is 0 Å². The molecule has 4 nitrogen and oxygen atoms in total. The number of allylic oxidation sites excluding steroid dienone is 1. The van der Waals surface area contributed by atoms with Gasteiger partial charge < -0.3 is 15.1 Å². The lowest BCUT2D eigenvalue weighted by Gasteiger charge is -2.15. The number of furan rings is 1. The van der Waals surface area contributed by atoms with E-state index in [-0.39, 0.29) is 24.0 Å². The second-order valence-electron chi connectivity index (χ2n) is 4.84. The number of halogens is 1. The number of nitrogens with zero attached hydrogens (tertiary/aromatic N) is 1. The molecule has 0 saturated heterocycles. The molecule has 112 valence electrons.